The summed E-state index contributed by atoms with van der Waals surface area (Å²) in [5.41, 5.74) is 5.84. The molecule has 26 heavy (non-hydrogen) atoms. The first-order chi connectivity index (χ1) is 12.6. The van der Waals surface area contributed by atoms with E-state index in [2.05, 4.69) is 60.1 Å². The molecule has 3 heterocycles. The number of aryl methyl sites for hydroxylation is 3. The van der Waals surface area contributed by atoms with Gasteiger partial charge in [0.25, 0.3) is 0 Å². The summed E-state index contributed by atoms with van der Waals surface area (Å²) in [5.74, 6) is 1.81. The van der Waals surface area contributed by atoms with E-state index in [0.717, 1.165) is 27.8 Å². The van der Waals surface area contributed by atoms with Crippen LogP contribution in [0.4, 0.5) is 0 Å². The Morgan fingerprint density at radius 2 is 2.04 bits per heavy atom. The Balaban J connectivity index is 1.97. The van der Waals surface area contributed by atoms with E-state index < -0.39 is 0 Å². The van der Waals surface area contributed by atoms with Gasteiger partial charge in [0.2, 0.25) is 12.2 Å². The number of benzene rings is 2. The quantitative estimate of drug-likeness (QED) is 0.278. The lowest BCUT2D eigenvalue weighted by molar-refractivity contribution is -0.659. The van der Waals surface area contributed by atoms with Gasteiger partial charge in [-0.3, -0.25) is 0 Å². The van der Waals surface area contributed by atoms with Crippen molar-refractivity contribution in [3.8, 4) is 22.8 Å². The number of ether oxygens (including phenoxy) is 1. The molecule has 0 N–H and O–H groups in total. The van der Waals surface area contributed by atoms with Crippen LogP contribution in [0, 0.1) is 20.4 Å². The summed E-state index contributed by atoms with van der Waals surface area (Å²) < 4.78 is 9.99. The van der Waals surface area contributed by atoms with Crippen LogP contribution in [0.2, 0.25) is 0 Å². The van der Waals surface area contributed by atoms with E-state index in [1.807, 2.05) is 6.07 Å². The highest BCUT2D eigenvalue weighted by Gasteiger charge is 2.32. The van der Waals surface area contributed by atoms with Crippen LogP contribution in [0.15, 0.2) is 35.8 Å². The van der Waals surface area contributed by atoms with Crippen LogP contribution in [-0.4, -0.2) is 0 Å². The molecule has 0 saturated heterocycles. The molecule has 0 radical (unpaired) electrons. The molecule has 4 aromatic rings. The van der Waals surface area contributed by atoms with Crippen molar-refractivity contribution in [1.82, 2.24) is 0 Å². The fraction of sp³-hybridized carbons (Fsp3) is 0.182. The third kappa shape index (κ3) is 1.89. The Labute approximate surface area is 155 Å². The maximum atomic E-state index is 7.20. The number of thiophene rings is 1. The van der Waals surface area contributed by atoms with Gasteiger partial charge in [-0.05, 0) is 53.8 Å². The van der Waals surface area contributed by atoms with Crippen LogP contribution < -0.4 is 9.30 Å². The molecule has 0 bridgehead atoms. The summed E-state index contributed by atoms with van der Waals surface area (Å²) >= 11 is 1.79. The van der Waals surface area contributed by atoms with E-state index >= 15 is 0 Å². The molecule has 0 unspecified atom stereocenters. The second-order valence-electron chi connectivity index (χ2n) is 6.87. The second-order valence-corrected chi connectivity index (χ2v) is 7.79. The van der Waals surface area contributed by atoms with Crippen LogP contribution in [0.1, 0.15) is 16.7 Å². The SMILES string of the molecule is [C-]#[N+]Cc1cc2c3c([n+](C)ccc3c1)-c1c(c(C)c3ccsc3c1C)O2. The van der Waals surface area contributed by atoms with Crippen molar-refractivity contribution >= 4 is 32.2 Å². The molecule has 3 nitrogen and oxygen atoms in total. The van der Waals surface area contributed by atoms with E-state index in [1.54, 1.807) is 11.3 Å². The summed E-state index contributed by atoms with van der Waals surface area (Å²) in [5, 5.41) is 5.68. The highest BCUT2D eigenvalue weighted by molar-refractivity contribution is 7.17. The minimum absolute atomic E-state index is 0.372. The highest BCUT2D eigenvalue weighted by Crippen LogP contribution is 2.51. The van der Waals surface area contributed by atoms with Crippen molar-refractivity contribution in [3.63, 3.8) is 0 Å². The van der Waals surface area contributed by atoms with E-state index in [9.17, 15) is 0 Å². The van der Waals surface area contributed by atoms with Crippen molar-refractivity contribution in [2.45, 2.75) is 20.4 Å². The fourth-order valence-corrected chi connectivity index (χ4v) is 5.07. The smallest absolute Gasteiger partial charge is 0.239 e. The van der Waals surface area contributed by atoms with Crippen LogP contribution in [0.25, 0.3) is 37.0 Å². The molecular formula is C22H17N2OS+. The van der Waals surface area contributed by atoms with E-state index in [-0.39, 0.29) is 0 Å². The maximum Gasteiger partial charge on any atom is 0.239 e. The molecule has 0 amide bonds. The van der Waals surface area contributed by atoms with Crippen molar-refractivity contribution < 1.29 is 9.30 Å². The average Bonchev–Trinajstić information content (AvgIpc) is 3.12. The van der Waals surface area contributed by atoms with Gasteiger partial charge in [-0.1, -0.05) is 0 Å². The predicted molar refractivity (Wildman–Crippen MR) is 106 cm³/mol. The van der Waals surface area contributed by atoms with E-state index in [0.29, 0.717) is 6.54 Å². The molecule has 0 aliphatic carbocycles. The fourth-order valence-electron chi connectivity index (χ4n) is 4.10. The largest absolute Gasteiger partial charge is 0.455 e. The monoisotopic (exact) mass is 357 g/mol. The molecule has 2 aromatic heterocycles. The zero-order valence-electron chi connectivity index (χ0n) is 14.9. The Bertz CT molecular complexity index is 1280. The standard InChI is InChI=1S/C22H17N2OS/c1-12-16-6-8-26-22(16)13(2)18-20-19-15(5-7-24(20)4)9-14(11-23-3)10-17(19)25-21(12)18/h5-10H,11H2,1-2,4H3/q+1. The van der Waals surface area contributed by atoms with Gasteiger partial charge < -0.3 is 9.58 Å². The van der Waals surface area contributed by atoms with Crippen molar-refractivity contribution in [3.05, 3.63) is 63.9 Å². The Hall–Kier alpha value is -2.90. The molecule has 4 heteroatoms. The number of hydrogen-bond donors (Lipinski definition) is 0. The number of aromatic nitrogens is 1. The molecule has 0 spiro atoms. The molecule has 0 saturated carbocycles. The van der Waals surface area contributed by atoms with Crippen LogP contribution in [0.5, 0.6) is 11.5 Å². The van der Waals surface area contributed by atoms with Crippen molar-refractivity contribution in [1.29, 1.82) is 0 Å². The average molecular weight is 357 g/mol. The van der Waals surface area contributed by atoms with Crippen LogP contribution in [0.3, 0.4) is 0 Å². The van der Waals surface area contributed by atoms with Gasteiger partial charge in [-0.2, -0.15) is 0 Å². The first kappa shape index (κ1) is 15.4. The Kier molecular flexibility index (Phi) is 3.13. The maximum absolute atomic E-state index is 7.20. The number of pyridine rings is 1. The number of fused-ring (bicyclic) bond motifs is 3. The topological polar surface area (TPSA) is 17.5 Å². The van der Waals surface area contributed by atoms with E-state index in [1.165, 1.54) is 32.5 Å². The lowest BCUT2D eigenvalue weighted by Gasteiger charge is -2.23. The first-order valence-corrected chi connectivity index (χ1v) is 9.45. The minimum atomic E-state index is 0.372. The third-order valence-electron chi connectivity index (χ3n) is 5.32. The summed E-state index contributed by atoms with van der Waals surface area (Å²) in [6, 6.07) is 8.42. The van der Waals surface area contributed by atoms with Crippen LogP contribution >= 0.6 is 11.3 Å². The Morgan fingerprint density at radius 3 is 2.85 bits per heavy atom. The van der Waals surface area contributed by atoms with Crippen molar-refractivity contribution in [2.24, 2.45) is 7.05 Å². The predicted octanol–water partition coefficient (Wildman–Crippen LogP) is 5.69. The molecule has 5 rings (SSSR count). The Morgan fingerprint density at radius 1 is 1.19 bits per heavy atom. The minimum Gasteiger partial charge on any atom is -0.455 e. The van der Waals surface area contributed by atoms with Gasteiger partial charge in [-0.25, -0.2) is 11.1 Å². The highest BCUT2D eigenvalue weighted by atomic mass is 32.1. The number of rotatable bonds is 1. The first-order valence-electron chi connectivity index (χ1n) is 8.57. The van der Waals surface area contributed by atoms with Gasteiger partial charge in [0.05, 0.1) is 10.9 Å². The number of nitrogens with zero attached hydrogens (tertiary/aromatic N) is 2. The van der Waals surface area contributed by atoms with Gasteiger partial charge in [0.1, 0.15) is 18.5 Å². The summed E-state index contributed by atoms with van der Waals surface area (Å²) in [7, 11) is 2.09. The zero-order chi connectivity index (χ0) is 18.0. The van der Waals surface area contributed by atoms with Gasteiger partial charge >= 0.3 is 0 Å². The summed E-state index contributed by atoms with van der Waals surface area (Å²) in [4.78, 5) is 3.55. The molecule has 1 aliphatic heterocycles. The lowest BCUT2D eigenvalue weighted by atomic mass is 9.91. The molecule has 0 fully saturated rings. The van der Waals surface area contributed by atoms with E-state index in [4.69, 9.17) is 11.3 Å². The molecule has 126 valence electrons. The van der Waals surface area contributed by atoms with Gasteiger partial charge in [0.15, 0.2) is 6.20 Å². The van der Waals surface area contributed by atoms with Gasteiger partial charge in [-0.15, -0.1) is 11.3 Å². The molecule has 0 atom stereocenters. The summed E-state index contributed by atoms with van der Waals surface area (Å²) in [6.45, 7) is 11.9. The van der Waals surface area contributed by atoms with Crippen molar-refractivity contribution in [2.75, 3.05) is 0 Å². The summed E-state index contributed by atoms with van der Waals surface area (Å²) in [6.07, 6.45) is 2.10. The lowest BCUT2D eigenvalue weighted by Crippen LogP contribution is -2.32. The molecule has 1 aliphatic rings. The second kappa shape index (κ2) is 5.30. The third-order valence-corrected chi connectivity index (χ3v) is 6.36. The molecular weight excluding hydrogens is 340 g/mol. The molecule has 2 aromatic carbocycles. The van der Waals surface area contributed by atoms with Crippen LogP contribution in [-0.2, 0) is 13.6 Å². The normalized spacial score (nSPS) is 12.1. The number of hydrogen-bond acceptors (Lipinski definition) is 2. The van der Waals surface area contributed by atoms with Gasteiger partial charge in [0, 0.05) is 21.9 Å². The zero-order valence-corrected chi connectivity index (χ0v) is 15.7.